The highest BCUT2D eigenvalue weighted by Gasteiger charge is 2.23. The van der Waals surface area contributed by atoms with Crippen LogP contribution in [0.1, 0.15) is 34.3 Å². The smallest absolute Gasteiger partial charge is 0.340 e. The van der Waals surface area contributed by atoms with Crippen molar-refractivity contribution < 1.29 is 9.58 Å². The van der Waals surface area contributed by atoms with E-state index in [0.717, 1.165) is 5.56 Å². The summed E-state index contributed by atoms with van der Waals surface area (Å²) in [7, 11) is -1.45. The highest BCUT2D eigenvalue weighted by Crippen LogP contribution is 2.11. The monoisotopic (exact) mass is 370 g/mol. The largest absolute Gasteiger partial charge is 0.361 e. The molecule has 0 bridgehead atoms. The first-order valence-corrected chi connectivity index (χ1v) is 12.3. The van der Waals surface area contributed by atoms with Crippen LogP contribution in [0.5, 0.6) is 0 Å². The summed E-state index contributed by atoms with van der Waals surface area (Å²) in [5.41, 5.74) is 14.6. The van der Waals surface area contributed by atoms with Gasteiger partial charge in [-0.05, 0) is 24.3 Å². The molecule has 3 nitrogen and oxygen atoms in total. The summed E-state index contributed by atoms with van der Waals surface area (Å²) >= 11 is 0. The van der Waals surface area contributed by atoms with Crippen molar-refractivity contribution in [2.45, 2.75) is 32.5 Å². The van der Waals surface area contributed by atoms with Crippen LogP contribution in [0, 0.1) is 23.3 Å². The van der Waals surface area contributed by atoms with Gasteiger partial charge in [0, 0.05) is 23.1 Å². The van der Waals surface area contributed by atoms with Crippen molar-refractivity contribution in [1.29, 1.82) is 0 Å². The number of hydrogen-bond donors (Lipinski definition) is 0. The van der Waals surface area contributed by atoms with E-state index in [1.54, 1.807) is 18.2 Å². The van der Waals surface area contributed by atoms with E-state index in [9.17, 15) is 10.3 Å². The fraction of sp³-hybridized carbons (Fsp3) is 0.217. The quantitative estimate of drug-likeness (QED) is 0.194. The Morgan fingerprint density at radius 3 is 2.33 bits per heavy atom. The molecular formula is C23H22N2OSi. The zero-order chi connectivity index (χ0) is 19.7. The van der Waals surface area contributed by atoms with Crippen molar-refractivity contribution in [2.24, 2.45) is 0 Å². The molecule has 27 heavy (non-hydrogen) atoms. The first-order valence-electron chi connectivity index (χ1n) is 8.82. The van der Waals surface area contributed by atoms with Gasteiger partial charge in [0.2, 0.25) is 0 Å². The Labute approximate surface area is 162 Å². The Kier molecular flexibility index (Phi) is 7.09. The molecule has 0 heterocycles. The fourth-order valence-electron chi connectivity index (χ4n) is 2.32. The second-order valence-corrected chi connectivity index (χ2v) is 11.8. The lowest BCUT2D eigenvalue weighted by atomic mass is 9.98. The van der Waals surface area contributed by atoms with Gasteiger partial charge in [0.15, 0.2) is 0 Å². The predicted molar refractivity (Wildman–Crippen MR) is 112 cm³/mol. The van der Waals surface area contributed by atoms with Gasteiger partial charge in [-0.15, -0.1) is 11.5 Å². The van der Waals surface area contributed by atoms with E-state index in [2.05, 4.69) is 47.7 Å². The molecule has 2 rings (SSSR count). The van der Waals surface area contributed by atoms with E-state index < -0.39 is 8.07 Å². The van der Waals surface area contributed by atoms with E-state index in [1.165, 1.54) is 0 Å². The summed E-state index contributed by atoms with van der Waals surface area (Å²) in [6, 6.07) is 16.7. The summed E-state index contributed by atoms with van der Waals surface area (Å²) < 4.78 is 0. The predicted octanol–water partition coefficient (Wildman–Crippen LogP) is 4.60. The third-order valence-corrected chi connectivity index (χ3v) is 4.55. The minimum atomic E-state index is -1.45. The van der Waals surface area contributed by atoms with Gasteiger partial charge >= 0.3 is 5.71 Å². The fourth-order valence-corrected chi connectivity index (χ4v) is 2.98. The molecule has 0 spiro atoms. The van der Waals surface area contributed by atoms with Gasteiger partial charge in [0.25, 0.3) is 5.78 Å². The summed E-state index contributed by atoms with van der Waals surface area (Å²) in [4.78, 5) is 16.0. The van der Waals surface area contributed by atoms with Crippen molar-refractivity contribution in [3.8, 4) is 23.3 Å². The molecule has 0 amide bonds. The molecule has 0 radical (unpaired) electrons. The van der Waals surface area contributed by atoms with E-state index in [-0.39, 0.29) is 11.5 Å². The molecule has 134 valence electrons. The van der Waals surface area contributed by atoms with Gasteiger partial charge in [-0.25, -0.2) is 0 Å². The third kappa shape index (κ3) is 6.57. The van der Waals surface area contributed by atoms with Crippen molar-refractivity contribution in [3.63, 3.8) is 0 Å². The van der Waals surface area contributed by atoms with Crippen LogP contribution < -0.4 is 0 Å². The number of hydrogen-bond acceptors (Lipinski definition) is 1. The van der Waals surface area contributed by atoms with Gasteiger partial charge in [-0.2, -0.15) is 4.79 Å². The van der Waals surface area contributed by atoms with E-state index in [4.69, 9.17) is 0 Å². The first-order chi connectivity index (χ1) is 12.9. The van der Waals surface area contributed by atoms with Crippen LogP contribution in [-0.2, 0) is 0 Å². The molecule has 0 atom stereocenters. The Morgan fingerprint density at radius 1 is 1.00 bits per heavy atom. The molecule has 2 aromatic rings. The Balaban J connectivity index is 2.22. The SMILES string of the molecule is C[Si](C)(C)C#CCCC(=[N+]=[N-])C(=O)c1ccccc1C#Cc1ccccc1. The molecule has 0 saturated heterocycles. The van der Waals surface area contributed by atoms with Gasteiger partial charge in [0.1, 0.15) is 8.07 Å². The van der Waals surface area contributed by atoms with Crippen molar-refractivity contribution in [3.05, 3.63) is 76.8 Å². The second kappa shape index (κ2) is 9.50. The highest BCUT2D eigenvalue weighted by atomic mass is 28.3. The number of carbonyl (C=O) groups excluding carboxylic acids is 1. The molecule has 4 heteroatoms. The highest BCUT2D eigenvalue weighted by molar-refractivity contribution is 6.83. The maximum Gasteiger partial charge on any atom is 0.340 e. The molecule has 0 saturated carbocycles. The van der Waals surface area contributed by atoms with Crippen LogP contribution in [0.25, 0.3) is 5.53 Å². The summed E-state index contributed by atoms with van der Waals surface area (Å²) in [5, 5.41) is 0. The third-order valence-electron chi connectivity index (χ3n) is 3.62. The van der Waals surface area contributed by atoms with Crippen LogP contribution in [0.15, 0.2) is 54.6 Å². The average Bonchev–Trinajstić information content (AvgIpc) is 2.66. The average molecular weight is 371 g/mol. The number of rotatable bonds is 4. The van der Waals surface area contributed by atoms with Crippen LogP contribution in [-0.4, -0.2) is 24.4 Å². The maximum atomic E-state index is 12.8. The summed E-state index contributed by atoms with van der Waals surface area (Å²) in [6.45, 7) is 6.48. The first kappa shape index (κ1) is 20.1. The maximum absolute atomic E-state index is 12.8. The number of ketones is 1. The Hall–Kier alpha value is -3.17. The second-order valence-electron chi connectivity index (χ2n) is 7.09. The van der Waals surface area contributed by atoms with Gasteiger partial charge in [-0.3, -0.25) is 4.79 Å². The lowest BCUT2D eigenvalue weighted by Crippen LogP contribution is -2.18. The minimum absolute atomic E-state index is 0.105. The van der Waals surface area contributed by atoms with Crippen LogP contribution >= 0.6 is 0 Å². The molecule has 0 aromatic heterocycles. The number of benzene rings is 2. The molecular weight excluding hydrogens is 348 g/mol. The van der Waals surface area contributed by atoms with Gasteiger partial charge < -0.3 is 5.53 Å². The topological polar surface area (TPSA) is 53.5 Å². The van der Waals surface area contributed by atoms with Gasteiger partial charge in [-0.1, -0.05) is 61.8 Å². The van der Waals surface area contributed by atoms with Crippen molar-refractivity contribution in [2.75, 3.05) is 0 Å². The minimum Gasteiger partial charge on any atom is -0.361 e. The van der Waals surface area contributed by atoms with E-state index >= 15 is 0 Å². The molecule has 0 aliphatic heterocycles. The molecule has 0 N–H and O–H groups in total. The summed E-state index contributed by atoms with van der Waals surface area (Å²) in [6.07, 6.45) is 0.806. The van der Waals surface area contributed by atoms with Crippen LogP contribution in [0.2, 0.25) is 19.6 Å². The lowest BCUT2D eigenvalue weighted by Gasteiger charge is -2.03. The standard InChI is InChI=1S/C23H22N2OSi/c1-27(2,3)18-10-9-15-22(25-24)23(26)21-14-8-7-13-20(21)17-16-19-11-5-4-6-12-19/h4-8,11-14H,9,15H2,1-3H3. The van der Waals surface area contributed by atoms with Crippen LogP contribution in [0.4, 0.5) is 0 Å². The van der Waals surface area contributed by atoms with Crippen LogP contribution in [0.3, 0.4) is 0 Å². The molecule has 0 unspecified atom stereocenters. The van der Waals surface area contributed by atoms with Gasteiger partial charge in [0.05, 0.1) is 6.42 Å². The molecule has 2 aromatic carbocycles. The number of Topliss-reactive ketones (excluding diaryl/α,β-unsaturated/α-hetero) is 1. The Morgan fingerprint density at radius 2 is 1.67 bits per heavy atom. The molecule has 0 aliphatic carbocycles. The van der Waals surface area contributed by atoms with Crippen molar-refractivity contribution in [1.82, 2.24) is 0 Å². The van der Waals surface area contributed by atoms with E-state index in [0.29, 0.717) is 24.0 Å². The lowest BCUT2D eigenvalue weighted by molar-refractivity contribution is -0.00897. The molecule has 0 aliphatic rings. The zero-order valence-electron chi connectivity index (χ0n) is 15.9. The number of nitrogens with zero attached hydrogens (tertiary/aromatic N) is 2. The normalized spacial score (nSPS) is 9.89. The zero-order valence-corrected chi connectivity index (χ0v) is 16.9. The Bertz CT molecular complexity index is 990. The number of carbonyl (C=O) groups is 1. The molecule has 0 fully saturated rings. The van der Waals surface area contributed by atoms with Crippen molar-refractivity contribution >= 4 is 19.6 Å². The van der Waals surface area contributed by atoms with E-state index in [1.807, 2.05) is 36.4 Å². The summed E-state index contributed by atoms with van der Waals surface area (Å²) in [5.74, 6) is 8.89.